The molecule has 4 rings (SSSR count). The van der Waals surface area contributed by atoms with Crippen molar-refractivity contribution in [1.29, 1.82) is 0 Å². The van der Waals surface area contributed by atoms with E-state index in [9.17, 15) is 9.59 Å². The van der Waals surface area contributed by atoms with Gasteiger partial charge >= 0.3 is 5.97 Å². The number of hydrogen-bond acceptors (Lipinski definition) is 6. The van der Waals surface area contributed by atoms with Crippen molar-refractivity contribution >= 4 is 23.3 Å². The Balaban J connectivity index is 0.000000271. The Morgan fingerprint density at radius 1 is 0.765 bits per heavy atom. The van der Waals surface area contributed by atoms with Gasteiger partial charge in [-0.2, -0.15) is 5.10 Å². The lowest BCUT2D eigenvalue weighted by Gasteiger charge is -2.08. The Kier molecular flexibility index (Phi) is 8.07. The Labute approximate surface area is 196 Å². The molecule has 0 aliphatic rings. The molecule has 0 bridgehead atoms. The van der Waals surface area contributed by atoms with Gasteiger partial charge in [0, 0.05) is 34.8 Å². The molecule has 0 spiro atoms. The van der Waals surface area contributed by atoms with E-state index in [0.717, 1.165) is 11.1 Å². The number of aromatic carboxylic acids is 1. The maximum absolute atomic E-state index is 12.2. The van der Waals surface area contributed by atoms with Crippen LogP contribution in [0, 0.1) is 0 Å². The number of aromatic hydroxyl groups is 1. The number of anilines is 1. The van der Waals surface area contributed by atoms with Crippen molar-refractivity contribution in [1.82, 2.24) is 10.4 Å². The molecule has 0 radical (unpaired) electrons. The molecule has 0 fully saturated rings. The Bertz CT molecular complexity index is 1280. The molecule has 0 saturated heterocycles. The number of nitrogens with one attached hydrogen (secondary N) is 1. The fraction of sp³-hybridized carbons (Fsp3) is 0. The molecule has 8 nitrogen and oxygen atoms in total. The number of hydrogen-bond donors (Lipinski definition) is 4. The summed E-state index contributed by atoms with van der Waals surface area (Å²) in [5.41, 5.74) is 11.9. The number of hydrazone groups is 1. The second-order valence-electron chi connectivity index (χ2n) is 6.95. The van der Waals surface area contributed by atoms with Crippen LogP contribution < -0.4 is 11.2 Å². The standard InChI is InChI=1S/C19H16N4O.C7H6O3/c20-17-8-6-15(7-9-17)18(14-4-2-1-3-5-14)22-23-19(24)16-10-12-21-13-11-16;8-6-4-2-1-3-5(6)7(9)10/h1-13H,20H2,(H,23,24);1-4,8H,(H,9,10)/b22-18-;. The van der Waals surface area contributed by atoms with E-state index < -0.39 is 5.97 Å². The van der Waals surface area contributed by atoms with Gasteiger partial charge in [0.1, 0.15) is 11.3 Å². The van der Waals surface area contributed by atoms with Crippen molar-refractivity contribution in [3.8, 4) is 5.75 Å². The third kappa shape index (κ3) is 6.51. The number of nitrogens with zero attached hydrogens (tertiary/aromatic N) is 2. The van der Waals surface area contributed by atoms with E-state index in [2.05, 4.69) is 15.5 Å². The van der Waals surface area contributed by atoms with Crippen molar-refractivity contribution in [3.05, 3.63) is 126 Å². The molecule has 8 heteroatoms. The predicted molar refractivity (Wildman–Crippen MR) is 130 cm³/mol. The average molecular weight is 454 g/mol. The zero-order valence-corrected chi connectivity index (χ0v) is 18.0. The Morgan fingerprint density at radius 2 is 1.35 bits per heavy atom. The summed E-state index contributed by atoms with van der Waals surface area (Å²) < 4.78 is 0. The van der Waals surface area contributed by atoms with E-state index in [-0.39, 0.29) is 17.2 Å². The third-order valence-corrected chi connectivity index (χ3v) is 4.58. The topological polar surface area (TPSA) is 138 Å². The van der Waals surface area contributed by atoms with Crippen LogP contribution in [0.2, 0.25) is 0 Å². The fourth-order valence-electron chi connectivity index (χ4n) is 2.86. The number of benzene rings is 3. The van der Waals surface area contributed by atoms with Crippen molar-refractivity contribution < 1.29 is 19.8 Å². The largest absolute Gasteiger partial charge is 0.507 e. The number of phenols is 1. The van der Waals surface area contributed by atoms with Gasteiger partial charge in [-0.15, -0.1) is 0 Å². The van der Waals surface area contributed by atoms with Crippen LogP contribution in [0.15, 0.2) is 108 Å². The van der Waals surface area contributed by atoms with Crippen LogP contribution in [0.4, 0.5) is 5.69 Å². The van der Waals surface area contributed by atoms with Crippen LogP contribution in [0.1, 0.15) is 31.8 Å². The maximum atomic E-state index is 12.2. The lowest BCUT2D eigenvalue weighted by Crippen LogP contribution is -2.20. The number of carbonyl (C=O) groups excluding carboxylic acids is 1. The number of aromatic nitrogens is 1. The maximum Gasteiger partial charge on any atom is 0.339 e. The summed E-state index contributed by atoms with van der Waals surface area (Å²) in [5, 5.41) is 21.6. The molecule has 0 aliphatic heterocycles. The number of nitrogen functional groups attached to an aromatic ring is 1. The highest BCUT2D eigenvalue weighted by atomic mass is 16.4. The molecular weight excluding hydrogens is 432 g/mol. The number of nitrogens with two attached hydrogens (primary N) is 1. The summed E-state index contributed by atoms with van der Waals surface area (Å²) >= 11 is 0. The summed E-state index contributed by atoms with van der Waals surface area (Å²) in [6.45, 7) is 0. The van der Waals surface area contributed by atoms with Gasteiger partial charge < -0.3 is 15.9 Å². The molecule has 1 amide bonds. The third-order valence-electron chi connectivity index (χ3n) is 4.58. The number of para-hydroxylation sites is 1. The molecule has 170 valence electrons. The molecule has 5 N–H and O–H groups in total. The van der Waals surface area contributed by atoms with Gasteiger partial charge in [0.15, 0.2) is 0 Å². The first-order valence-electron chi connectivity index (χ1n) is 10.2. The first-order valence-corrected chi connectivity index (χ1v) is 10.2. The van der Waals surface area contributed by atoms with E-state index in [0.29, 0.717) is 17.0 Å². The minimum Gasteiger partial charge on any atom is -0.507 e. The summed E-state index contributed by atoms with van der Waals surface area (Å²) in [6, 6.07) is 26.1. The van der Waals surface area contributed by atoms with Gasteiger partial charge in [-0.05, 0) is 36.4 Å². The molecule has 3 aromatic carbocycles. The normalized spacial score (nSPS) is 10.5. The predicted octanol–water partition coefficient (Wildman–Crippen LogP) is 3.94. The van der Waals surface area contributed by atoms with Gasteiger partial charge in [0.25, 0.3) is 5.91 Å². The van der Waals surface area contributed by atoms with Crippen LogP contribution >= 0.6 is 0 Å². The molecule has 0 aliphatic carbocycles. The molecule has 1 aromatic heterocycles. The second-order valence-corrected chi connectivity index (χ2v) is 6.95. The Morgan fingerprint density at radius 3 is 1.94 bits per heavy atom. The molecule has 0 unspecified atom stereocenters. The molecule has 0 atom stereocenters. The van der Waals surface area contributed by atoms with Crippen LogP contribution in [-0.2, 0) is 0 Å². The first-order chi connectivity index (χ1) is 16.5. The van der Waals surface area contributed by atoms with Crippen molar-refractivity contribution in [3.63, 3.8) is 0 Å². The van der Waals surface area contributed by atoms with E-state index >= 15 is 0 Å². The summed E-state index contributed by atoms with van der Waals surface area (Å²) in [6.07, 6.45) is 3.13. The van der Waals surface area contributed by atoms with Crippen molar-refractivity contribution in [2.24, 2.45) is 5.10 Å². The smallest absolute Gasteiger partial charge is 0.339 e. The highest BCUT2D eigenvalue weighted by molar-refractivity contribution is 6.13. The fourth-order valence-corrected chi connectivity index (χ4v) is 2.86. The Hall–Kier alpha value is -4.98. The highest BCUT2D eigenvalue weighted by Crippen LogP contribution is 2.15. The number of carboxylic acid groups (broad SMARTS) is 1. The SMILES string of the molecule is Nc1ccc(/C(=N\NC(=O)c2ccncc2)c2ccccc2)cc1.O=C(O)c1ccccc1O. The second kappa shape index (κ2) is 11.6. The number of rotatable bonds is 5. The van der Waals surface area contributed by atoms with Gasteiger partial charge in [0.2, 0.25) is 0 Å². The van der Waals surface area contributed by atoms with Gasteiger partial charge in [-0.3, -0.25) is 9.78 Å². The lowest BCUT2D eigenvalue weighted by atomic mass is 10.0. The summed E-state index contributed by atoms with van der Waals surface area (Å²) in [4.78, 5) is 26.4. The minimum absolute atomic E-state index is 0.0671. The van der Waals surface area contributed by atoms with Crippen LogP contribution in [0.5, 0.6) is 5.75 Å². The minimum atomic E-state index is -1.11. The highest BCUT2D eigenvalue weighted by Gasteiger charge is 2.09. The number of pyridine rings is 1. The molecule has 4 aromatic rings. The summed E-state index contributed by atoms with van der Waals surface area (Å²) in [7, 11) is 0. The zero-order chi connectivity index (χ0) is 24.3. The average Bonchev–Trinajstić information content (AvgIpc) is 2.87. The van der Waals surface area contributed by atoms with Crippen molar-refractivity contribution in [2.45, 2.75) is 0 Å². The number of carboxylic acids is 1. The van der Waals surface area contributed by atoms with E-state index in [4.69, 9.17) is 15.9 Å². The van der Waals surface area contributed by atoms with Crippen LogP contribution in [0.3, 0.4) is 0 Å². The molecular formula is C26H22N4O4. The lowest BCUT2D eigenvalue weighted by molar-refractivity contribution is 0.0693. The monoisotopic (exact) mass is 454 g/mol. The van der Waals surface area contributed by atoms with Gasteiger partial charge in [-0.1, -0.05) is 54.6 Å². The summed E-state index contributed by atoms with van der Waals surface area (Å²) in [5.74, 6) is -1.60. The number of amides is 1. The van der Waals surface area contributed by atoms with E-state index in [1.165, 1.54) is 12.1 Å². The van der Waals surface area contributed by atoms with Crippen molar-refractivity contribution in [2.75, 3.05) is 5.73 Å². The quantitative estimate of drug-likeness (QED) is 0.205. The zero-order valence-electron chi connectivity index (χ0n) is 18.0. The molecule has 1 heterocycles. The van der Waals surface area contributed by atoms with Crippen LogP contribution in [-0.4, -0.2) is 32.8 Å². The van der Waals surface area contributed by atoms with Crippen LogP contribution in [0.25, 0.3) is 0 Å². The molecule has 34 heavy (non-hydrogen) atoms. The van der Waals surface area contributed by atoms with E-state index in [1.807, 2.05) is 42.5 Å². The molecule has 0 saturated carbocycles. The van der Waals surface area contributed by atoms with Gasteiger partial charge in [-0.25, -0.2) is 10.2 Å². The first kappa shape index (κ1) is 23.7. The van der Waals surface area contributed by atoms with Gasteiger partial charge in [0.05, 0.1) is 5.71 Å². The number of carbonyl (C=O) groups is 2. The van der Waals surface area contributed by atoms with E-state index in [1.54, 1.807) is 48.8 Å².